The molecule has 1 amide bonds. The van der Waals surface area contributed by atoms with Crippen LogP contribution in [-0.4, -0.2) is 49.0 Å². The van der Waals surface area contributed by atoms with Crippen LogP contribution < -0.4 is 0 Å². The Morgan fingerprint density at radius 3 is 2.56 bits per heavy atom. The number of hydrogen-bond acceptors (Lipinski definition) is 7. The van der Waals surface area contributed by atoms with Gasteiger partial charge in [-0.3, -0.25) is 9.59 Å². The molecule has 1 atom stereocenters. The van der Waals surface area contributed by atoms with Gasteiger partial charge >= 0.3 is 0 Å². The molecule has 0 aliphatic carbocycles. The van der Waals surface area contributed by atoms with Gasteiger partial charge in [0.15, 0.2) is 5.76 Å². The lowest BCUT2D eigenvalue weighted by Crippen LogP contribution is -2.32. The predicted molar refractivity (Wildman–Crippen MR) is 125 cm³/mol. The van der Waals surface area contributed by atoms with Crippen molar-refractivity contribution in [2.45, 2.75) is 37.8 Å². The van der Waals surface area contributed by atoms with E-state index in [1.54, 1.807) is 36.1 Å². The van der Waals surface area contributed by atoms with E-state index >= 15 is 0 Å². The average molecular weight is 469 g/mol. The highest BCUT2D eigenvalue weighted by Gasteiger charge is 2.44. The van der Waals surface area contributed by atoms with E-state index in [0.29, 0.717) is 30.1 Å². The maximum Gasteiger partial charge on any atom is 0.290 e. The first-order valence-corrected chi connectivity index (χ1v) is 12.3. The predicted octanol–water partition coefficient (Wildman–Crippen LogP) is 4.35. The first-order valence-electron chi connectivity index (χ1n) is 10.2. The fourth-order valence-corrected chi connectivity index (χ4v) is 5.24. The number of Topliss-reactive ketones (excluding diaryl/α,β-unsaturated/α-hetero) is 1. The fraction of sp³-hybridized carbons (Fsp3) is 0.304. The van der Waals surface area contributed by atoms with Gasteiger partial charge in [-0.25, -0.2) is 9.97 Å². The van der Waals surface area contributed by atoms with Crippen LogP contribution in [0.4, 0.5) is 0 Å². The molecule has 3 aromatic rings. The number of ketones is 1. The number of thiazole rings is 1. The highest BCUT2D eigenvalue weighted by atomic mass is 32.2. The van der Waals surface area contributed by atoms with Crippen LogP contribution >= 0.6 is 23.1 Å². The third kappa shape index (κ3) is 4.22. The molecule has 4 rings (SSSR count). The number of aromatic nitrogens is 3. The summed E-state index contributed by atoms with van der Waals surface area (Å²) in [4.78, 5) is 38.1. The molecule has 3 heterocycles. The Bertz CT molecular complexity index is 1170. The van der Waals surface area contributed by atoms with Gasteiger partial charge in [-0.1, -0.05) is 12.1 Å². The Labute approximate surface area is 194 Å². The minimum Gasteiger partial charge on any atom is -0.503 e. The molecule has 0 spiro atoms. The Morgan fingerprint density at radius 2 is 1.97 bits per heavy atom. The minimum atomic E-state index is -0.643. The number of carbonyl (C=O) groups is 2. The van der Waals surface area contributed by atoms with Crippen molar-refractivity contribution in [1.82, 2.24) is 19.4 Å². The summed E-state index contributed by atoms with van der Waals surface area (Å²) in [7, 11) is 0. The lowest BCUT2D eigenvalue weighted by atomic mass is 9.95. The average Bonchev–Trinajstić information content (AvgIpc) is 3.48. The molecule has 166 valence electrons. The molecular formula is C23H24N4O3S2. The van der Waals surface area contributed by atoms with Gasteiger partial charge in [0, 0.05) is 30.4 Å². The number of amides is 1. The van der Waals surface area contributed by atoms with E-state index in [-0.39, 0.29) is 11.4 Å². The molecule has 2 aromatic heterocycles. The summed E-state index contributed by atoms with van der Waals surface area (Å²) < 4.78 is 1.94. The number of aryl methyl sites for hydroxylation is 3. The molecule has 7 nitrogen and oxygen atoms in total. The maximum atomic E-state index is 13.5. The van der Waals surface area contributed by atoms with Gasteiger partial charge in [-0.05, 0) is 44.2 Å². The number of hydrogen-bond donors (Lipinski definition) is 1. The van der Waals surface area contributed by atoms with Crippen LogP contribution in [0.1, 0.15) is 38.4 Å². The molecule has 0 saturated heterocycles. The van der Waals surface area contributed by atoms with Crippen LogP contribution in [0.2, 0.25) is 0 Å². The smallest absolute Gasteiger partial charge is 0.290 e. The first kappa shape index (κ1) is 22.3. The summed E-state index contributed by atoms with van der Waals surface area (Å²) in [6.07, 6.45) is 7.95. The van der Waals surface area contributed by atoms with E-state index in [9.17, 15) is 14.7 Å². The molecule has 1 unspecified atom stereocenters. The van der Waals surface area contributed by atoms with Crippen molar-refractivity contribution in [3.63, 3.8) is 0 Å². The Balaban J connectivity index is 1.69. The number of benzene rings is 1. The van der Waals surface area contributed by atoms with Crippen LogP contribution in [0.3, 0.4) is 0 Å². The van der Waals surface area contributed by atoms with Gasteiger partial charge in [0.25, 0.3) is 5.91 Å². The molecule has 1 N–H and O–H groups in total. The molecule has 0 saturated carbocycles. The number of imidazole rings is 1. The van der Waals surface area contributed by atoms with Gasteiger partial charge < -0.3 is 14.6 Å². The van der Waals surface area contributed by atoms with Crippen LogP contribution in [0, 0.1) is 13.8 Å². The Hall–Kier alpha value is -2.91. The van der Waals surface area contributed by atoms with E-state index in [0.717, 1.165) is 15.5 Å². The number of aliphatic hydroxyl groups excluding tert-OH is 1. The molecule has 1 aromatic carbocycles. The zero-order valence-electron chi connectivity index (χ0n) is 18.1. The van der Waals surface area contributed by atoms with Gasteiger partial charge in [-0.15, -0.1) is 23.1 Å². The first-order chi connectivity index (χ1) is 15.4. The highest BCUT2D eigenvalue weighted by molar-refractivity contribution is 7.98. The molecule has 9 heteroatoms. The normalized spacial score (nSPS) is 16.3. The van der Waals surface area contributed by atoms with Crippen molar-refractivity contribution < 1.29 is 14.7 Å². The van der Waals surface area contributed by atoms with Crippen LogP contribution in [-0.2, 0) is 11.3 Å². The summed E-state index contributed by atoms with van der Waals surface area (Å²) in [6, 6.07) is 7.13. The molecule has 32 heavy (non-hydrogen) atoms. The summed E-state index contributed by atoms with van der Waals surface area (Å²) in [5.74, 6) is -1.33. The molecule has 1 aliphatic heterocycles. The summed E-state index contributed by atoms with van der Waals surface area (Å²) >= 11 is 2.90. The lowest BCUT2D eigenvalue weighted by molar-refractivity contribution is -0.129. The van der Waals surface area contributed by atoms with E-state index in [2.05, 4.69) is 9.97 Å². The second-order valence-corrected chi connectivity index (χ2v) is 9.65. The third-order valence-corrected chi connectivity index (χ3v) is 7.28. The number of aliphatic hydroxyl groups is 1. The maximum absolute atomic E-state index is 13.5. The number of nitrogens with zero attached hydrogens (tertiary/aromatic N) is 4. The Kier molecular flexibility index (Phi) is 6.48. The van der Waals surface area contributed by atoms with Crippen molar-refractivity contribution >= 4 is 34.8 Å². The van der Waals surface area contributed by atoms with E-state index in [1.807, 2.05) is 48.2 Å². The van der Waals surface area contributed by atoms with E-state index in [1.165, 1.54) is 11.3 Å². The van der Waals surface area contributed by atoms with Gasteiger partial charge in [0.05, 0.1) is 33.5 Å². The van der Waals surface area contributed by atoms with Gasteiger partial charge in [0.1, 0.15) is 0 Å². The number of carbonyl (C=O) groups excluding carboxylic acids is 2. The molecule has 0 radical (unpaired) electrons. The van der Waals surface area contributed by atoms with Gasteiger partial charge in [0.2, 0.25) is 5.78 Å². The zero-order chi connectivity index (χ0) is 22.8. The second kappa shape index (κ2) is 9.30. The minimum absolute atomic E-state index is 0.126. The van der Waals surface area contributed by atoms with Crippen molar-refractivity contribution in [1.29, 1.82) is 0 Å². The van der Waals surface area contributed by atoms with Gasteiger partial charge in [-0.2, -0.15) is 0 Å². The summed E-state index contributed by atoms with van der Waals surface area (Å²) in [5, 5.41) is 11.6. The quantitative estimate of drug-likeness (QED) is 0.391. The van der Waals surface area contributed by atoms with Crippen molar-refractivity contribution in [2.24, 2.45) is 0 Å². The van der Waals surface area contributed by atoms with Crippen molar-refractivity contribution in [3.8, 4) is 0 Å². The summed E-state index contributed by atoms with van der Waals surface area (Å²) in [5.41, 5.74) is 1.53. The number of thioether (sulfide) groups is 1. The van der Waals surface area contributed by atoms with Crippen LogP contribution in [0.15, 0.2) is 59.2 Å². The number of rotatable bonds is 8. The molecular weight excluding hydrogens is 444 g/mol. The molecule has 1 aliphatic rings. The van der Waals surface area contributed by atoms with Crippen molar-refractivity contribution in [2.75, 3.05) is 12.8 Å². The van der Waals surface area contributed by atoms with Crippen LogP contribution in [0.25, 0.3) is 0 Å². The highest BCUT2D eigenvalue weighted by Crippen LogP contribution is 2.40. The molecule has 0 fully saturated rings. The largest absolute Gasteiger partial charge is 0.503 e. The topological polar surface area (TPSA) is 88.3 Å². The standard InChI is InChI=1S/C23H24N4O3S2/c1-14-22(32-15(2)25-14)20(28)18-19(16-5-7-17(31-3)8-6-16)27(23(30)21(18)29)11-4-10-26-12-9-24-13-26/h5-9,12-13,19,29H,4,10-11H2,1-3H3. The summed E-state index contributed by atoms with van der Waals surface area (Å²) in [6.45, 7) is 4.69. The third-order valence-electron chi connectivity index (χ3n) is 5.46. The van der Waals surface area contributed by atoms with Crippen LogP contribution in [0.5, 0.6) is 0 Å². The van der Waals surface area contributed by atoms with Crippen molar-refractivity contribution in [3.05, 3.63) is 75.5 Å². The fourth-order valence-electron chi connectivity index (χ4n) is 3.96. The SMILES string of the molecule is CSc1ccc(C2C(C(=O)c3sc(C)nc3C)=C(O)C(=O)N2CCCn2ccnc2)cc1. The lowest BCUT2D eigenvalue weighted by Gasteiger charge is -2.27. The molecule has 0 bridgehead atoms. The Morgan fingerprint density at radius 1 is 1.22 bits per heavy atom. The van der Waals surface area contributed by atoms with E-state index < -0.39 is 17.7 Å². The second-order valence-electron chi connectivity index (χ2n) is 7.57. The van der Waals surface area contributed by atoms with E-state index in [4.69, 9.17) is 0 Å². The zero-order valence-corrected chi connectivity index (χ0v) is 19.7. The monoisotopic (exact) mass is 468 g/mol.